The Morgan fingerprint density at radius 3 is 2.00 bits per heavy atom. The molecule has 6 nitrogen and oxygen atoms in total. The molecular weight excluding hydrogens is 252 g/mol. The Hall–Kier alpha value is -1.85. The molecule has 0 saturated carbocycles. The third-order valence-corrected chi connectivity index (χ3v) is 2.49. The highest BCUT2D eigenvalue weighted by atomic mass is 16.5. The van der Waals surface area contributed by atoms with Crippen molar-refractivity contribution in [3.8, 4) is 0 Å². The zero-order chi connectivity index (χ0) is 14.7. The van der Waals surface area contributed by atoms with E-state index in [0.717, 1.165) is 0 Å². The second-order valence-electron chi connectivity index (χ2n) is 3.77. The number of esters is 3. The van der Waals surface area contributed by atoms with E-state index in [1.54, 1.807) is 6.08 Å². The molecule has 0 aromatic heterocycles. The minimum absolute atomic E-state index is 0.220. The lowest BCUT2D eigenvalue weighted by molar-refractivity contribution is -0.158. The summed E-state index contributed by atoms with van der Waals surface area (Å²) in [5.41, 5.74) is 0. The molecule has 0 rings (SSSR count). The van der Waals surface area contributed by atoms with Gasteiger partial charge in [0.05, 0.1) is 21.3 Å². The predicted octanol–water partition coefficient (Wildman–Crippen LogP) is 1.24. The molecule has 0 radical (unpaired) electrons. The maximum atomic E-state index is 11.3. The van der Waals surface area contributed by atoms with Crippen LogP contribution in [0.2, 0.25) is 0 Å². The first-order chi connectivity index (χ1) is 9.06. The molecule has 0 spiro atoms. The minimum atomic E-state index is -0.938. The first kappa shape index (κ1) is 17.2. The summed E-state index contributed by atoms with van der Waals surface area (Å²) in [6.45, 7) is 0. The molecule has 0 atom stereocenters. The van der Waals surface area contributed by atoms with Gasteiger partial charge in [-0.1, -0.05) is 12.2 Å². The van der Waals surface area contributed by atoms with E-state index in [9.17, 15) is 14.4 Å². The van der Waals surface area contributed by atoms with Crippen LogP contribution in [0.1, 0.15) is 25.7 Å². The Balaban J connectivity index is 4.07. The number of hydrogen-bond acceptors (Lipinski definition) is 6. The number of rotatable bonds is 8. The lowest BCUT2D eigenvalue weighted by atomic mass is 10.1. The van der Waals surface area contributed by atoms with Crippen LogP contribution < -0.4 is 0 Å². The van der Waals surface area contributed by atoms with Gasteiger partial charge in [0.1, 0.15) is 0 Å². The molecule has 0 aliphatic carbocycles. The first-order valence-electron chi connectivity index (χ1n) is 5.94. The van der Waals surface area contributed by atoms with Gasteiger partial charge in [0.2, 0.25) is 0 Å². The summed E-state index contributed by atoms with van der Waals surface area (Å²) in [6, 6.07) is 0. The largest absolute Gasteiger partial charge is 0.469 e. The molecule has 0 saturated heterocycles. The van der Waals surface area contributed by atoms with E-state index in [1.165, 1.54) is 21.3 Å². The molecule has 0 fully saturated rings. The van der Waals surface area contributed by atoms with E-state index < -0.39 is 17.9 Å². The van der Waals surface area contributed by atoms with Crippen molar-refractivity contribution in [3.05, 3.63) is 12.2 Å². The molecule has 0 aliphatic heterocycles. The van der Waals surface area contributed by atoms with Crippen molar-refractivity contribution in [2.24, 2.45) is 5.92 Å². The molecule has 108 valence electrons. The van der Waals surface area contributed by atoms with E-state index in [1.807, 2.05) is 6.08 Å². The highest BCUT2D eigenvalue weighted by molar-refractivity contribution is 5.94. The molecule has 0 aromatic carbocycles. The normalized spacial score (nSPS) is 10.5. The molecular formula is C13H20O6. The van der Waals surface area contributed by atoms with Crippen molar-refractivity contribution in [2.75, 3.05) is 21.3 Å². The fourth-order valence-corrected chi connectivity index (χ4v) is 1.39. The van der Waals surface area contributed by atoms with Gasteiger partial charge in [0.15, 0.2) is 5.92 Å². The molecule has 0 amide bonds. The molecule has 6 heteroatoms. The second-order valence-corrected chi connectivity index (χ2v) is 3.77. The van der Waals surface area contributed by atoms with Crippen LogP contribution in [0.3, 0.4) is 0 Å². The fraction of sp³-hybridized carbons (Fsp3) is 0.615. The zero-order valence-electron chi connectivity index (χ0n) is 11.5. The van der Waals surface area contributed by atoms with Crippen LogP contribution in [0, 0.1) is 5.92 Å². The van der Waals surface area contributed by atoms with Crippen molar-refractivity contribution in [1.29, 1.82) is 0 Å². The quantitative estimate of drug-likeness (QED) is 0.217. The van der Waals surface area contributed by atoms with Crippen molar-refractivity contribution >= 4 is 17.9 Å². The topological polar surface area (TPSA) is 78.9 Å². The zero-order valence-corrected chi connectivity index (χ0v) is 11.5. The Labute approximate surface area is 112 Å². The summed E-state index contributed by atoms with van der Waals surface area (Å²) in [5, 5.41) is 0. The molecule has 0 heterocycles. The molecule has 0 aliphatic rings. The first-order valence-corrected chi connectivity index (χ1v) is 5.94. The Morgan fingerprint density at radius 2 is 1.53 bits per heavy atom. The summed E-state index contributed by atoms with van der Waals surface area (Å²) >= 11 is 0. The number of methoxy groups -OCH3 is 3. The molecule has 0 bridgehead atoms. The van der Waals surface area contributed by atoms with E-state index in [2.05, 4.69) is 14.2 Å². The van der Waals surface area contributed by atoms with Crippen molar-refractivity contribution < 1.29 is 28.6 Å². The number of carbonyl (C=O) groups is 3. The van der Waals surface area contributed by atoms with Gasteiger partial charge in [-0.15, -0.1) is 0 Å². The third kappa shape index (κ3) is 7.23. The van der Waals surface area contributed by atoms with E-state index in [-0.39, 0.29) is 12.4 Å². The van der Waals surface area contributed by atoms with Crippen LogP contribution in [0.25, 0.3) is 0 Å². The smallest absolute Gasteiger partial charge is 0.320 e. The maximum Gasteiger partial charge on any atom is 0.320 e. The lowest BCUT2D eigenvalue weighted by Crippen LogP contribution is -2.25. The van der Waals surface area contributed by atoms with Gasteiger partial charge in [-0.2, -0.15) is 0 Å². The molecule has 19 heavy (non-hydrogen) atoms. The summed E-state index contributed by atoms with van der Waals surface area (Å²) in [4.78, 5) is 33.5. The van der Waals surface area contributed by atoms with Gasteiger partial charge in [-0.25, -0.2) is 0 Å². The van der Waals surface area contributed by atoms with Gasteiger partial charge in [-0.3, -0.25) is 14.4 Å². The van der Waals surface area contributed by atoms with Crippen LogP contribution in [-0.2, 0) is 28.6 Å². The molecule has 0 N–H and O–H groups in total. The van der Waals surface area contributed by atoms with Crippen LogP contribution in [0.15, 0.2) is 12.2 Å². The Morgan fingerprint density at radius 1 is 0.947 bits per heavy atom. The minimum Gasteiger partial charge on any atom is -0.469 e. The molecule has 0 unspecified atom stereocenters. The van der Waals surface area contributed by atoms with Crippen molar-refractivity contribution in [1.82, 2.24) is 0 Å². The monoisotopic (exact) mass is 272 g/mol. The summed E-state index contributed by atoms with van der Waals surface area (Å²) in [6.07, 6.45) is 5.40. The van der Waals surface area contributed by atoms with Crippen LogP contribution in [0.4, 0.5) is 0 Å². The highest BCUT2D eigenvalue weighted by Crippen LogP contribution is 2.10. The third-order valence-electron chi connectivity index (χ3n) is 2.49. The summed E-state index contributed by atoms with van der Waals surface area (Å²) in [5.74, 6) is -2.43. The van der Waals surface area contributed by atoms with E-state index >= 15 is 0 Å². The van der Waals surface area contributed by atoms with E-state index in [0.29, 0.717) is 19.3 Å². The van der Waals surface area contributed by atoms with Crippen molar-refractivity contribution in [3.63, 3.8) is 0 Å². The van der Waals surface area contributed by atoms with Gasteiger partial charge in [-0.05, 0) is 19.3 Å². The predicted molar refractivity (Wildman–Crippen MR) is 67.1 cm³/mol. The average Bonchev–Trinajstić information content (AvgIpc) is 2.44. The van der Waals surface area contributed by atoms with Crippen LogP contribution >= 0.6 is 0 Å². The summed E-state index contributed by atoms with van der Waals surface area (Å²) < 4.78 is 13.6. The van der Waals surface area contributed by atoms with Crippen LogP contribution in [-0.4, -0.2) is 39.2 Å². The van der Waals surface area contributed by atoms with Crippen molar-refractivity contribution in [2.45, 2.75) is 25.7 Å². The average molecular weight is 272 g/mol. The number of carbonyl (C=O) groups excluding carboxylic acids is 3. The summed E-state index contributed by atoms with van der Waals surface area (Å²) in [7, 11) is 3.78. The fourth-order valence-electron chi connectivity index (χ4n) is 1.39. The number of allylic oxidation sites excluding steroid dienone is 2. The number of hydrogen-bond donors (Lipinski definition) is 0. The maximum absolute atomic E-state index is 11.3. The van der Waals surface area contributed by atoms with E-state index in [4.69, 9.17) is 0 Å². The van der Waals surface area contributed by atoms with Crippen LogP contribution in [0.5, 0.6) is 0 Å². The number of ether oxygens (including phenoxy) is 3. The van der Waals surface area contributed by atoms with Gasteiger partial charge < -0.3 is 14.2 Å². The lowest BCUT2D eigenvalue weighted by Gasteiger charge is -2.09. The Kier molecular flexibility index (Phi) is 9.12. The van der Waals surface area contributed by atoms with Gasteiger partial charge in [0, 0.05) is 6.42 Å². The standard InChI is InChI=1S/C13H20O6/c1-17-11(14)9-7-5-4-6-8-10(12(15)18-2)13(16)19-3/h4,6,10H,5,7-9H2,1-3H3. The Bertz CT molecular complexity index is 318. The highest BCUT2D eigenvalue weighted by Gasteiger charge is 2.26. The SMILES string of the molecule is COC(=O)CCCC=CCC(C(=O)OC)C(=O)OC. The number of unbranched alkanes of at least 4 members (excludes halogenated alkanes) is 1. The van der Waals surface area contributed by atoms with Gasteiger partial charge >= 0.3 is 17.9 Å². The second kappa shape index (κ2) is 10.1. The van der Waals surface area contributed by atoms with Gasteiger partial charge in [0.25, 0.3) is 0 Å². The molecule has 0 aromatic rings.